The molecule has 4 N–H and O–H groups in total. The monoisotopic (exact) mass is 760 g/mol. The highest BCUT2D eigenvalue weighted by Gasteiger charge is 2.22. The van der Waals surface area contributed by atoms with Gasteiger partial charge in [-0.05, 0) is 57.8 Å². The van der Waals surface area contributed by atoms with E-state index in [9.17, 15) is 20.1 Å². The van der Waals surface area contributed by atoms with E-state index in [1.54, 1.807) is 6.08 Å². The molecule has 0 aromatic heterocycles. The Hall–Kier alpha value is -1.43. The van der Waals surface area contributed by atoms with Crippen molar-refractivity contribution in [1.29, 1.82) is 0 Å². The summed E-state index contributed by atoms with van der Waals surface area (Å²) in [4.78, 5) is 12.5. The minimum absolute atomic E-state index is 0.377. The summed E-state index contributed by atoms with van der Waals surface area (Å²) in [6.45, 7) is 4.17. The molecule has 54 heavy (non-hydrogen) atoms. The van der Waals surface area contributed by atoms with E-state index in [4.69, 9.17) is 0 Å². The van der Waals surface area contributed by atoms with Crippen molar-refractivity contribution in [2.75, 3.05) is 6.61 Å². The topological polar surface area (TPSA) is 89.8 Å². The van der Waals surface area contributed by atoms with Gasteiger partial charge in [-0.3, -0.25) is 4.79 Å². The number of hydrogen-bond donors (Lipinski definition) is 4. The van der Waals surface area contributed by atoms with Gasteiger partial charge in [0, 0.05) is 0 Å². The summed E-state index contributed by atoms with van der Waals surface area (Å²) in [5, 5.41) is 33.2. The third-order valence-corrected chi connectivity index (χ3v) is 11.0. The smallest absolute Gasteiger partial charge is 0.249 e. The van der Waals surface area contributed by atoms with Crippen molar-refractivity contribution in [3.8, 4) is 0 Å². The predicted molar refractivity (Wildman–Crippen MR) is 236 cm³/mol. The van der Waals surface area contributed by atoms with Gasteiger partial charge in [0.05, 0.1) is 18.8 Å². The van der Waals surface area contributed by atoms with E-state index in [-0.39, 0.29) is 6.61 Å². The SMILES string of the molecule is CCCCCCCC/C=C\CCCCCCCCC(O)C(=O)NC(CO)C(O)/C=C/CC/C=C/CCCCCCCCCCCCCCCCCCCC. The van der Waals surface area contributed by atoms with Crippen LogP contribution in [-0.4, -0.2) is 46.1 Å². The first-order chi connectivity index (χ1) is 26.6. The highest BCUT2D eigenvalue weighted by Crippen LogP contribution is 2.16. The number of nitrogens with one attached hydrogen (secondary N) is 1. The summed E-state index contributed by atoms with van der Waals surface area (Å²) < 4.78 is 0. The molecule has 0 aliphatic carbocycles. The summed E-state index contributed by atoms with van der Waals surface area (Å²) in [6.07, 6.45) is 56.2. The van der Waals surface area contributed by atoms with Crippen molar-refractivity contribution in [1.82, 2.24) is 5.32 Å². The molecule has 0 saturated heterocycles. The molecule has 0 saturated carbocycles. The first-order valence-electron chi connectivity index (χ1n) is 23.8. The van der Waals surface area contributed by atoms with Crippen LogP contribution in [0.15, 0.2) is 36.5 Å². The number of hydrogen-bond acceptors (Lipinski definition) is 4. The highest BCUT2D eigenvalue weighted by atomic mass is 16.3. The average Bonchev–Trinajstić information content (AvgIpc) is 3.18. The third kappa shape index (κ3) is 38.8. The number of aliphatic hydroxyl groups is 3. The summed E-state index contributed by atoms with van der Waals surface area (Å²) >= 11 is 0. The number of amides is 1. The molecule has 5 nitrogen and oxygen atoms in total. The molecule has 0 heterocycles. The van der Waals surface area contributed by atoms with Crippen LogP contribution < -0.4 is 5.32 Å². The average molecular weight is 760 g/mol. The zero-order valence-corrected chi connectivity index (χ0v) is 36.1. The summed E-state index contributed by atoms with van der Waals surface area (Å²) in [5.74, 6) is -0.517. The van der Waals surface area contributed by atoms with E-state index in [0.29, 0.717) is 6.42 Å². The fourth-order valence-corrected chi connectivity index (χ4v) is 7.20. The second kappa shape index (κ2) is 44.3. The van der Waals surface area contributed by atoms with Crippen LogP contribution in [0.3, 0.4) is 0 Å². The fourth-order valence-electron chi connectivity index (χ4n) is 7.20. The zero-order chi connectivity index (χ0) is 39.4. The quantitative estimate of drug-likeness (QED) is 0.0368. The van der Waals surface area contributed by atoms with Crippen LogP contribution in [0.5, 0.6) is 0 Å². The van der Waals surface area contributed by atoms with Crippen LogP contribution in [0, 0.1) is 0 Å². The number of allylic oxidation sites excluding steroid dienone is 5. The van der Waals surface area contributed by atoms with E-state index in [2.05, 4.69) is 43.5 Å². The molecule has 0 aliphatic heterocycles. The van der Waals surface area contributed by atoms with E-state index in [1.165, 1.54) is 186 Å². The minimum atomic E-state index is -1.11. The molecule has 0 aromatic rings. The van der Waals surface area contributed by atoms with Crippen LogP contribution in [0.1, 0.15) is 245 Å². The van der Waals surface area contributed by atoms with Crippen LogP contribution >= 0.6 is 0 Å². The van der Waals surface area contributed by atoms with Crippen molar-refractivity contribution in [2.24, 2.45) is 0 Å². The molecular weight excluding hydrogens is 667 g/mol. The van der Waals surface area contributed by atoms with Gasteiger partial charge in [-0.1, -0.05) is 224 Å². The zero-order valence-electron chi connectivity index (χ0n) is 36.1. The van der Waals surface area contributed by atoms with Gasteiger partial charge in [0.1, 0.15) is 6.10 Å². The maximum absolute atomic E-state index is 12.5. The highest BCUT2D eigenvalue weighted by molar-refractivity contribution is 5.80. The molecule has 0 aliphatic rings. The van der Waals surface area contributed by atoms with Crippen LogP contribution in [-0.2, 0) is 4.79 Å². The Labute approximate surface area is 336 Å². The Morgan fingerprint density at radius 1 is 0.444 bits per heavy atom. The lowest BCUT2D eigenvalue weighted by Gasteiger charge is -2.21. The molecule has 0 bridgehead atoms. The maximum atomic E-state index is 12.5. The Balaban J connectivity index is 3.68. The fraction of sp³-hybridized carbons (Fsp3) is 0.857. The van der Waals surface area contributed by atoms with Crippen LogP contribution in [0.4, 0.5) is 0 Å². The molecule has 1 amide bonds. The Bertz CT molecular complexity index is 840. The van der Waals surface area contributed by atoms with Crippen LogP contribution in [0.2, 0.25) is 0 Å². The third-order valence-electron chi connectivity index (χ3n) is 11.0. The molecule has 3 unspecified atom stereocenters. The number of unbranched alkanes of at least 4 members (excludes halogenated alkanes) is 31. The van der Waals surface area contributed by atoms with E-state index >= 15 is 0 Å². The van der Waals surface area contributed by atoms with Crippen molar-refractivity contribution in [3.05, 3.63) is 36.5 Å². The van der Waals surface area contributed by atoms with E-state index < -0.39 is 24.2 Å². The summed E-state index contributed by atoms with van der Waals surface area (Å²) in [6, 6.07) is -0.816. The molecule has 0 fully saturated rings. The number of carbonyl (C=O) groups excluding carboxylic acids is 1. The van der Waals surface area contributed by atoms with Gasteiger partial charge in [0.25, 0.3) is 0 Å². The van der Waals surface area contributed by atoms with Crippen molar-refractivity contribution < 1.29 is 20.1 Å². The lowest BCUT2D eigenvalue weighted by Crippen LogP contribution is -2.48. The molecule has 0 spiro atoms. The molecule has 5 heteroatoms. The van der Waals surface area contributed by atoms with Gasteiger partial charge in [0.2, 0.25) is 5.91 Å². The van der Waals surface area contributed by atoms with Crippen molar-refractivity contribution >= 4 is 5.91 Å². The van der Waals surface area contributed by atoms with E-state index in [0.717, 1.165) is 38.5 Å². The van der Waals surface area contributed by atoms with Gasteiger partial charge < -0.3 is 20.6 Å². The van der Waals surface area contributed by atoms with Gasteiger partial charge in [-0.2, -0.15) is 0 Å². The molecule has 0 rings (SSSR count). The van der Waals surface area contributed by atoms with E-state index in [1.807, 2.05) is 6.08 Å². The predicted octanol–water partition coefficient (Wildman–Crippen LogP) is 13.9. The second-order valence-electron chi connectivity index (χ2n) is 16.3. The molecule has 0 radical (unpaired) electrons. The van der Waals surface area contributed by atoms with Gasteiger partial charge in [0.15, 0.2) is 0 Å². The van der Waals surface area contributed by atoms with Crippen LogP contribution in [0.25, 0.3) is 0 Å². The largest absolute Gasteiger partial charge is 0.394 e. The molecule has 3 atom stereocenters. The van der Waals surface area contributed by atoms with Crippen molar-refractivity contribution in [2.45, 2.75) is 263 Å². The van der Waals surface area contributed by atoms with Gasteiger partial charge >= 0.3 is 0 Å². The summed E-state index contributed by atoms with van der Waals surface area (Å²) in [5.41, 5.74) is 0. The first kappa shape index (κ1) is 52.6. The number of rotatable bonds is 43. The number of carbonyl (C=O) groups is 1. The molecule has 0 aromatic carbocycles. The Kier molecular flexibility index (Phi) is 43.1. The maximum Gasteiger partial charge on any atom is 0.249 e. The minimum Gasteiger partial charge on any atom is -0.394 e. The van der Waals surface area contributed by atoms with Gasteiger partial charge in [-0.25, -0.2) is 0 Å². The van der Waals surface area contributed by atoms with Gasteiger partial charge in [-0.15, -0.1) is 0 Å². The summed E-state index contributed by atoms with van der Waals surface area (Å²) in [7, 11) is 0. The standard InChI is InChI=1S/C49H93NO4/c1-3-5-7-9-11-13-15-17-19-21-22-23-24-25-26-27-28-30-31-33-35-37-39-41-43-47(52)46(45-51)50-49(54)48(53)44-42-40-38-36-34-32-29-20-18-16-14-12-10-8-6-4-2/h18,20,33,35,41,43,46-48,51-53H,3-17,19,21-32,34,36-40,42,44-45H2,1-2H3,(H,50,54)/b20-18-,35-33+,43-41+. The number of aliphatic hydroxyl groups excluding tert-OH is 3. The Morgan fingerprint density at radius 3 is 1.13 bits per heavy atom. The molecule has 318 valence electrons. The Morgan fingerprint density at radius 2 is 0.759 bits per heavy atom. The second-order valence-corrected chi connectivity index (χ2v) is 16.3. The first-order valence-corrected chi connectivity index (χ1v) is 23.8. The lowest BCUT2D eigenvalue weighted by atomic mass is 10.0. The lowest BCUT2D eigenvalue weighted by molar-refractivity contribution is -0.131. The normalized spacial score (nSPS) is 13.8. The van der Waals surface area contributed by atoms with Crippen molar-refractivity contribution in [3.63, 3.8) is 0 Å². The molecular formula is C49H93NO4.